The van der Waals surface area contributed by atoms with E-state index < -0.39 is 16.8 Å². The van der Waals surface area contributed by atoms with E-state index in [1.165, 1.54) is 25.8 Å². The Bertz CT molecular complexity index is 271. The first-order chi connectivity index (χ1) is 8.82. The van der Waals surface area contributed by atoms with Crippen LogP contribution in [0.2, 0.25) is 32.2 Å². The molecule has 1 heterocycles. The lowest BCUT2D eigenvalue weighted by atomic mass is 10.1. The molecule has 1 fully saturated rings. The summed E-state index contributed by atoms with van der Waals surface area (Å²) in [6.45, 7) is 13.9. The molecule has 0 aromatic heterocycles. The van der Waals surface area contributed by atoms with Crippen molar-refractivity contribution >= 4 is 16.8 Å². The average molecular weight is 304 g/mol. The quantitative estimate of drug-likeness (QED) is 0.667. The summed E-state index contributed by atoms with van der Waals surface area (Å²) < 4.78 is 14.7. The van der Waals surface area contributed by atoms with E-state index in [4.69, 9.17) is 8.85 Å². The minimum atomic E-state index is -1.91. The highest BCUT2D eigenvalue weighted by atomic mass is 28.4. The topological polar surface area (TPSA) is 21.7 Å². The zero-order chi connectivity index (χ0) is 14.5. The summed E-state index contributed by atoms with van der Waals surface area (Å²) in [5.74, 6) is 0. The molecule has 0 aliphatic carbocycles. The molecule has 2 unspecified atom stereocenters. The second kappa shape index (κ2) is 7.36. The van der Waals surface area contributed by atoms with Crippen molar-refractivity contribution in [3.63, 3.8) is 0 Å². The Hall–Kier alpha value is 0.314. The SMILES string of the molecule is CCC[Si](C)(OC)OCC1CCCCN1[Si](C)(C)C. The molecule has 0 N–H and O–H groups in total. The van der Waals surface area contributed by atoms with Gasteiger partial charge >= 0.3 is 8.56 Å². The number of hydrogen-bond donors (Lipinski definition) is 0. The molecule has 0 saturated carbocycles. The van der Waals surface area contributed by atoms with E-state index in [1.54, 1.807) is 0 Å². The van der Waals surface area contributed by atoms with Gasteiger partial charge in [0.1, 0.15) is 8.24 Å². The standard InChI is InChI=1S/C14H33NO2Si2/c1-7-12-19(6,16-2)17-13-14-10-8-9-11-15(14)18(3,4)5/h14H,7-13H2,1-6H3. The maximum atomic E-state index is 6.28. The van der Waals surface area contributed by atoms with Crippen LogP contribution in [0.25, 0.3) is 0 Å². The summed E-state index contributed by atoms with van der Waals surface area (Å²) in [5, 5.41) is 0. The Morgan fingerprint density at radius 2 is 1.84 bits per heavy atom. The lowest BCUT2D eigenvalue weighted by molar-refractivity contribution is 0.126. The Kier molecular flexibility index (Phi) is 6.73. The molecule has 1 saturated heterocycles. The van der Waals surface area contributed by atoms with E-state index in [2.05, 4.69) is 37.7 Å². The first-order valence-corrected chi connectivity index (χ1v) is 13.8. The van der Waals surface area contributed by atoms with Gasteiger partial charge in [0.05, 0.1) is 6.61 Å². The van der Waals surface area contributed by atoms with E-state index >= 15 is 0 Å². The van der Waals surface area contributed by atoms with Crippen LogP contribution in [0.15, 0.2) is 0 Å². The molecule has 1 rings (SSSR count). The summed E-state index contributed by atoms with van der Waals surface area (Å²) in [4.78, 5) is 0. The third kappa shape index (κ3) is 5.30. The van der Waals surface area contributed by atoms with E-state index in [1.807, 2.05) is 7.11 Å². The van der Waals surface area contributed by atoms with Gasteiger partial charge in [-0.2, -0.15) is 0 Å². The van der Waals surface area contributed by atoms with Gasteiger partial charge in [-0.1, -0.05) is 39.4 Å². The van der Waals surface area contributed by atoms with Crippen LogP contribution in [0.1, 0.15) is 32.6 Å². The zero-order valence-corrected chi connectivity index (χ0v) is 15.8. The summed E-state index contributed by atoms with van der Waals surface area (Å²) in [5.41, 5.74) is 0. The number of piperidine rings is 1. The molecule has 0 spiro atoms. The van der Waals surface area contributed by atoms with Crippen LogP contribution in [0.5, 0.6) is 0 Å². The molecule has 0 aromatic rings. The van der Waals surface area contributed by atoms with Gasteiger partial charge in [-0.15, -0.1) is 0 Å². The van der Waals surface area contributed by atoms with E-state index in [9.17, 15) is 0 Å². The maximum absolute atomic E-state index is 6.28. The summed E-state index contributed by atoms with van der Waals surface area (Å²) in [6, 6.07) is 1.72. The molecule has 0 radical (unpaired) electrons. The van der Waals surface area contributed by atoms with Gasteiger partial charge in [-0.3, -0.25) is 0 Å². The lowest BCUT2D eigenvalue weighted by Gasteiger charge is -2.44. The Balaban J connectivity index is 2.58. The molecule has 0 aromatic carbocycles. The molecule has 1 aliphatic heterocycles. The van der Waals surface area contributed by atoms with Gasteiger partial charge in [0.25, 0.3) is 0 Å². The predicted molar refractivity (Wildman–Crippen MR) is 87.4 cm³/mol. The van der Waals surface area contributed by atoms with Crippen molar-refractivity contribution in [3.05, 3.63) is 0 Å². The molecule has 2 atom stereocenters. The summed E-state index contributed by atoms with van der Waals surface area (Å²) in [7, 11) is -1.31. The largest absolute Gasteiger partial charge is 0.398 e. The Morgan fingerprint density at radius 3 is 2.37 bits per heavy atom. The fourth-order valence-corrected chi connectivity index (χ4v) is 7.06. The van der Waals surface area contributed by atoms with E-state index in [0.717, 1.165) is 19.1 Å². The second-order valence-corrected chi connectivity index (χ2v) is 15.3. The predicted octanol–water partition coefficient (Wildman–Crippen LogP) is 3.82. The van der Waals surface area contributed by atoms with Crippen molar-refractivity contribution in [1.82, 2.24) is 4.57 Å². The van der Waals surface area contributed by atoms with Gasteiger partial charge in [0.2, 0.25) is 0 Å². The highest BCUT2D eigenvalue weighted by molar-refractivity contribution is 6.73. The first kappa shape index (κ1) is 17.4. The third-order valence-corrected chi connectivity index (χ3v) is 9.57. The Labute approximate surface area is 122 Å². The van der Waals surface area contributed by atoms with Gasteiger partial charge in [0, 0.05) is 13.2 Å². The van der Waals surface area contributed by atoms with Crippen LogP contribution >= 0.6 is 0 Å². The zero-order valence-electron chi connectivity index (χ0n) is 13.8. The fourth-order valence-electron chi connectivity index (χ4n) is 3.02. The molecule has 0 bridgehead atoms. The van der Waals surface area contributed by atoms with E-state index in [0.29, 0.717) is 6.04 Å². The molecule has 5 heteroatoms. The summed E-state index contributed by atoms with van der Waals surface area (Å²) >= 11 is 0. The fraction of sp³-hybridized carbons (Fsp3) is 1.00. The average Bonchev–Trinajstić information content (AvgIpc) is 2.36. The molecular weight excluding hydrogens is 270 g/mol. The van der Waals surface area contributed by atoms with Crippen molar-refractivity contribution in [2.75, 3.05) is 20.3 Å². The first-order valence-electron chi connectivity index (χ1n) is 7.78. The number of nitrogens with zero attached hydrogens (tertiary/aromatic N) is 1. The minimum Gasteiger partial charge on any atom is -0.398 e. The van der Waals surface area contributed by atoms with Crippen LogP contribution in [-0.4, -0.2) is 47.7 Å². The van der Waals surface area contributed by atoms with Gasteiger partial charge in [-0.25, -0.2) is 0 Å². The van der Waals surface area contributed by atoms with Crippen LogP contribution in [0.4, 0.5) is 0 Å². The lowest BCUT2D eigenvalue weighted by Crippen LogP contribution is -2.56. The number of hydrogen-bond acceptors (Lipinski definition) is 3. The highest BCUT2D eigenvalue weighted by Gasteiger charge is 2.35. The van der Waals surface area contributed by atoms with Crippen LogP contribution in [0.3, 0.4) is 0 Å². The van der Waals surface area contributed by atoms with Gasteiger partial charge in [0.15, 0.2) is 0 Å². The van der Waals surface area contributed by atoms with Crippen LogP contribution < -0.4 is 0 Å². The maximum Gasteiger partial charge on any atom is 0.334 e. The van der Waals surface area contributed by atoms with Crippen molar-refractivity contribution in [2.24, 2.45) is 0 Å². The summed E-state index contributed by atoms with van der Waals surface area (Å²) in [6.07, 6.45) is 5.16. The Morgan fingerprint density at radius 1 is 1.16 bits per heavy atom. The highest BCUT2D eigenvalue weighted by Crippen LogP contribution is 2.25. The third-order valence-electron chi connectivity index (χ3n) is 4.21. The molecule has 1 aliphatic rings. The molecule has 3 nitrogen and oxygen atoms in total. The van der Waals surface area contributed by atoms with E-state index in [-0.39, 0.29) is 0 Å². The normalized spacial score (nSPS) is 25.3. The molecular formula is C14H33NO2Si2. The smallest absolute Gasteiger partial charge is 0.334 e. The van der Waals surface area contributed by atoms with Crippen LogP contribution in [-0.2, 0) is 8.85 Å². The van der Waals surface area contributed by atoms with Gasteiger partial charge in [-0.05, 0) is 32.0 Å². The monoisotopic (exact) mass is 303 g/mol. The molecule has 0 amide bonds. The number of rotatable bonds is 7. The van der Waals surface area contributed by atoms with Gasteiger partial charge < -0.3 is 13.4 Å². The van der Waals surface area contributed by atoms with Crippen molar-refractivity contribution in [3.8, 4) is 0 Å². The van der Waals surface area contributed by atoms with Crippen molar-refractivity contribution < 1.29 is 8.85 Å². The van der Waals surface area contributed by atoms with Crippen LogP contribution in [0, 0.1) is 0 Å². The van der Waals surface area contributed by atoms with Crippen molar-refractivity contribution in [2.45, 2.75) is 70.9 Å². The molecule has 19 heavy (non-hydrogen) atoms. The van der Waals surface area contributed by atoms with Crippen molar-refractivity contribution in [1.29, 1.82) is 0 Å². The minimum absolute atomic E-state index is 0.624. The molecule has 114 valence electrons. The second-order valence-electron chi connectivity index (χ2n) is 6.91.